The van der Waals surface area contributed by atoms with Crippen LogP contribution in [0.25, 0.3) is 11.3 Å². The number of benzene rings is 2. The number of aromatic nitrogens is 1. The molecule has 2 amide bonds. The van der Waals surface area contributed by atoms with Crippen LogP contribution in [0.1, 0.15) is 10.4 Å². The lowest BCUT2D eigenvalue weighted by molar-refractivity contribution is -0.119. The van der Waals surface area contributed by atoms with Crippen molar-refractivity contribution in [2.24, 2.45) is 5.73 Å². The van der Waals surface area contributed by atoms with E-state index in [1.807, 2.05) is 23.6 Å². The van der Waals surface area contributed by atoms with Gasteiger partial charge in [-0.05, 0) is 42.5 Å². The van der Waals surface area contributed by atoms with Crippen LogP contribution in [0.15, 0.2) is 47.8 Å². The lowest BCUT2D eigenvalue weighted by atomic mass is 10.1. The number of amides is 2. The first-order valence-corrected chi connectivity index (χ1v) is 9.14. The molecule has 1 aliphatic heterocycles. The van der Waals surface area contributed by atoms with Crippen LogP contribution in [0.5, 0.6) is 17.2 Å². The van der Waals surface area contributed by atoms with Gasteiger partial charge in [0.2, 0.25) is 6.79 Å². The average Bonchev–Trinajstić information content (AvgIpc) is 3.35. The second-order valence-corrected chi connectivity index (χ2v) is 6.70. The van der Waals surface area contributed by atoms with Crippen LogP contribution in [0.4, 0.5) is 5.13 Å². The number of nitrogens with two attached hydrogens (primary N) is 1. The van der Waals surface area contributed by atoms with E-state index < -0.39 is 5.91 Å². The van der Waals surface area contributed by atoms with Gasteiger partial charge in [-0.1, -0.05) is 0 Å². The molecule has 8 nitrogen and oxygen atoms in total. The zero-order valence-electron chi connectivity index (χ0n) is 14.5. The minimum Gasteiger partial charge on any atom is -0.484 e. The highest BCUT2D eigenvalue weighted by molar-refractivity contribution is 7.14. The van der Waals surface area contributed by atoms with Crippen molar-refractivity contribution in [2.45, 2.75) is 0 Å². The van der Waals surface area contributed by atoms with Gasteiger partial charge in [-0.2, -0.15) is 0 Å². The topological polar surface area (TPSA) is 113 Å². The van der Waals surface area contributed by atoms with Crippen LogP contribution in [0, 0.1) is 0 Å². The van der Waals surface area contributed by atoms with Crippen molar-refractivity contribution in [3.05, 3.63) is 53.4 Å². The van der Waals surface area contributed by atoms with Gasteiger partial charge < -0.3 is 19.9 Å². The highest BCUT2D eigenvalue weighted by atomic mass is 32.1. The Hall–Kier alpha value is -3.59. The van der Waals surface area contributed by atoms with E-state index >= 15 is 0 Å². The molecule has 1 aromatic heterocycles. The normalized spacial score (nSPS) is 11.9. The van der Waals surface area contributed by atoms with Crippen molar-refractivity contribution in [1.82, 2.24) is 4.98 Å². The molecule has 0 atom stereocenters. The van der Waals surface area contributed by atoms with Gasteiger partial charge in [0.15, 0.2) is 23.2 Å². The number of ether oxygens (including phenoxy) is 3. The summed E-state index contributed by atoms with van der Waals surface area (Å²) in [6.07, 6.45) is 0. The Labute approximate surface area is 163 Å². The van der Waals surface area contributed by atoms with E-state index in [-0.39, 0.29) is 19.3 Å². The zero-order chi connectivity index (χ0) is 19.5. The molecule has 0 bridgehead atoms. The number of primary amides is 1. The summed E-state index contributed by atoms with van der Waals surface area (Å²) >= 11 is 1.32. The number of carbonyl (C=O) groups is 2. The number of carbonyl (C=O) groups excluding carboxylic acids is 2. The van der Waals surface area contributed by atoms with E-state index in [1.54, 1.807) is 24.3 Å². The maximum atomic E-state index is 12.4. The fourth-order valence-electron chi connectivity index (χ4n) is 2.55. The quantitative estimate of drug-likeness (QED) is 0.661. The summed E-state index contributed by atoms with van der Waals surface area (Å²) in [7, 11) is 0. The molecule has 0 spiro atoms. The van der Waals surface area contributed by atoms with E-state index in [2.05, 4.69) is 10.3 Å². The largest absolute Gasteiger partial charge is 0.484 e. The second-order valence-electron chi connectivity index (χ2n) is 5.84. The number of nitrogens with one attached hydrogen (secondary N) is 1. The van der Waals surface area contributed by atoms with Crippen LogP contribution in [0.3, 0.4) is 0 Å². The van der Waals surface area contributed by atoms with Gasteiger partial charge in [0.05, 0.1) is 5.69 Å². The van der Waals surface area contributed by atoms with Gasteiger partial charge in [-0.15, -0.1) is 11.3 Å². The molecule has 3 aromatic rings. The van der Waals surface area contributed by atoms with E-state index in [0.717, 1.165) is 11.3 Å². The molecule has 0 aliphatic carbocycles. The standard InChI is InChI=1S/C19H15N3O5S/c20-17(23)8-25-13-4-1-11(2-5-13)18(24)22-19-21-14(9-28-19)12-3-6-15-16(7-12)27-10-26-15/h1-7,9H,8,10H2,(H2,20,23)(H,21,22,24). The van der Waals surface area contributed by atoms with Gasteiger partial charge in [0.1, 0.15) is 5.75 Å². The Bertz CT molecular complexity index is 1030. The summed E-state index contributed by atoms with van der Waals surface area (Å²) < 4.78 is 15.8. The van der Waals surface area contributed by atoms with Crippen molar-refractivity contribution in [3.63, 3.8) is 0 Å². The summed E-state index contributed by atoms with van der Waals surface area (Å²) in [4.78, 5) is 27.6. The summed E-state index contributed by atoms with van der Waals surface area (Å²) in [5, 5.41) is 5.10. The molecule has 1 aliphatic rings. The molecule has 0 saturated heterocycles. The fraction of sp³-hybridized carbons (Fsp3) is 0.105. The highest BCUT2D eigenvalue weighted by Gasteiger charge is 2.16. The van der Waals surface area contributed by atoms with Gasteiger partial charge in [0, 0.05) is 16.5 Å². The summed E-state index contributed by atoms with van der Waals surface area (Å²) in [6, 6.07) is 12.0. The third kappa shape index (κ3) is 3.89. The SMILES string of the molecule is NC(=O)COc1ccc(C(=O)Nc2nc(-c3ccc4c(c3)OCO4)cs2)cc1. The monoisotopic (exact) mass is 397 g/mol. The lowest BCUT2D eigenvalue weighted by Gasteiger charge is -2.05. The smallest absolute Gasteiger partial charge is 0.257 e. The first kappa shape index (κ1) is 17.8. The Morgan fingerprint density at radius 2 is 1.93 bits per heavy atom. The van der Waals surface area contributed by atoms with E-state index in [0.29, 0.717) is 27.9 Å². The number of rotatable bonds is 6. The number of hydrogen-bond donors (Lipinski definition) is 2. The van der Waals surface area contributed by atoms with Crippen LogP contribution in [0.2, 0.25) is 0 Å². The number of nitrogens with zero attached hydrogens (tertiary/aromatic N) is 1. The molecule has 0 unspecified atom stereocenters. The zero-order valence-corrected chi connectivity index (χ0v) is 15.3. The van der Waals surface area contributed by atoms with E-state index in [1.165, 1.54) is 11.3 Å². The molecule has 2 heterocycles. The first-order valence-electron chi connectivity index (χ1n) is 8.26. The average molecular weight is 397 g/mol. The number of thiazole rings is 1. The Kier molecular flexibility index (Phi) is 4.81. The maximum Gasteiger partial charge on any atom is 0.257 e. The molecule has 28 heavy (non-hydrogen) atoms. The second kappa shape index (κ2) is 7.57. The number of fused-ring (bicyclic) bond motifs is 1. The van der Waals surface area contributed by atoms with E-state index in [9.17, 15) is 9.59 Å². The first-order chi connectivity index (χ1) is 13.6. The minimum absolute atomic E-state index is 0.212. The molecular formula is C19H15N3O5S. The summed E-state index contributed by atoms with van der Waals surface area (Å²) in [5.41, 5.74) is 7.07. The molecule has 0 saturated carbocycles. The maximum absolute atomic E-state index is 12.4. The predicted octanol–water partition coefficient (Wildman–Crippen LogP) is 2.66. The predicted molar refractivity (Wildman–Crippen MR) is 103 cm³/mol. The van der Waals surface area contributed by atoms with Gasteiger partial charge in [-0.3, -0.25) is 14.9 Å². The molecule has 0 radical (unpaired) electrons. The summed E-state index contributed by atoms with van der Waals surface area (Å²) in [5.74, 6) is 0.970. The summed E-state index contributed by atoms with van der Waals surface area (Å²) in [6.45, 7) is -0.00316. The van der Waals surface area contributed by atoms with Gasteiger partial charge in [-0.25, -0.2) is 4.98 Å². The van der Waals surface area contributed by atoms with Crippen LogP contribution >= 0.6 is 11.3 Å². The molecule has 142 valence electrons. The molecule has 9 heteroatoms. The fourth-order valence-corrected chi connectivity index (χ4v) is 3.26. The lowest BCUT2D eigenvalue weighted by Crippen LogP contribution is -2.20. The molecule has 4 rings (SSSR count). The molecule has 0 fully saturated rings. The third-order valence-corrected chi connectivity index (χ3v) is 4.65. The van der Waals surface area contributed by atoms with Crippen molar-refractivity contribution in [1.29, 1.82) is 0 Å². The number of hydrogen-bond acceptors (Lipinski definition) is 7. The third-order valence-electron chi connectivity index (χ3n) is 3.89. The van der Waals surface area contributed by atoms with E-state index in [4.69, 9.17) is 19.9 Å². The minimum atomic E-state index is -0.566. The van der Waals surface area contributed by atoms with Crippen LogP contribution < -0.4 is 25.3 Å². The molecule has 3 N–H and O–H groups in total. The molecule has 2 aromatic carbocycles. The van der Waals surface area contributed by atoms with Crippen molar-refractivity contribution in [2.75, 3.05) is 18.7 Å². The van der Waals surface area contributed by atoms with Gasteiger partial charge in [0.25, 0.3) is 11.8 Å². The Morgan fingerprint density at radius 3 is 2.71 bits per heavy atom. The number of anilines is 1. The van der Waals surface area contributed by atoms with Crippen molar-refractivity contribution in [3.8, 4) is 28.5 Å². The Morgan fingerprint density at radius 1 is 1.14 bits per heavy atom. The van der Waals surface area contributed by atoms with Crippen molar-refractivity contribution >= 4 is 28.3 Å². The highest BCUT2D eigenvalue weighted by Crippen LogP contribution is 2.36. The van der Waals surface area contributed by atoms with Gasteiger partial charge >= 0.3 is 0 Å². The Balaban J connectivity index is 1.42. The van der Waals surface area contributed by atoms with Crippen LogP contribution in [-0.2, 0) is 4.79 Å². The van der Waals surface area contributed by atoms with Crippen molar-refractivity contribution < 1.29 is 23.8 Å². The molecular weight excluding hydrogens is 382 g/mol. The van der Waals surface area contributed by atoms with Crippen LogP contribution in [-0.4, -0.2) is 30.2 Å².